The number of nitro groups is 1. The van der Waals surface area contributed by atoms with E-state index in [9.17, 15) is 20.2 Å². The molecule has 0 bridgehead atoms. The minimum absolute atomic E-state index is 0.0594. The number of allylic oxidation sites excluding steroid dienone is 1. The van der Waals surface area contributed by atoms with Gasteiger partial charge in [-0.05, 0) is 42.0 Å². The highest BCUT2D eigenvalue weighted by Gasteiger charge is 2.11. The normalized spacial score (nSPS) is 10.7. The Morgan fingerprint density at radius 2 is 1.72 bits per heavy atom. The van der Waals surface area contributed by atoms with Crippen molar-refractivity contribution >= 4 is 28.9 Å². The predicted octanol–water partition coefficient (Wildman–Crippen LogP) is 4.69. The lowest BCUT2D eigenvalue weighted by molar-refractivity contribution is -0.384. The Bertz CT molecular complexity index is 1200. The molecule has 0 radical (unpaired) electrons. The summed E-state index contributed by atoms with van der Waals surface area (Å²) in [6.45, 7) is -0.248. The topological polar surface area (TPSA) is 114 Å². The minimum Gasteiger partial charge on any atom is -0.495 e. The van der Waals surface area contributed by atoms with E-state index >= 15 is 0 Å². The van der Waals surface area contributed by atoms with Gasteiger partial charge in [0.2, 0.25) is 0 Å². The molecule has 3 rings (SSSR count). The first-order valence-electron chi connectivity index (χ1n) is 9.53. The molecule has 0 unspecified atom stereocenters. The maximum absolute atomic E-state index is 12.3. The first-order valence-corrected chi connectivity index (χ1v) is 9.53. The summed E-state index contributed by atoms with van der Waals surface area (Å²) in [4.78, 5) is 22.7. The number of ether oxygens (including phenoxy) is 2. The number of amides is 1. The van der Waals surface area contributed by atoms with Crippen molar-refractivity contribution in [3.63, 3.8) is 0 Å². The van der Waals surface area contributed by atoms with Crippen LogP contribution >= 0.6 is 0 Å². The predicted molar refractivity (Wildman–Crippen MR) is 120 cm³/mol. The molecule has 0 fully saturated rings. The summed E-state index contributed by atoms with van der Waals surface area (Å²) in [6, 6.07) is 21.8. The molecule has 3 aromatic carbocycles. The van der Waals surface area contributed by atoms with Gasteiger partial charge in [0.05, 0.1) is 29.4 Å². The van der Waals surface area contributed by atoms with E-state index in [0.717, 1.165) is 0 Å². The lowest BCUT2D eigenvalue weighted by atomic mass is 10.0. The summed E-state index contributed by atoms with van der Waals surface area (Å²) in [6.07, 6.45) is 1.61. The third-order valence-corrected chi connectivity index (χ3v) is 4.47. The van der Waals surface area contributed by atoms with Crippen LogP contribution < -0.4 is 14.8 Å². The van der Waals surface area contributed by atoms with Crippen molar-refractivity contribution in [2.45, 2.75) is 0 Å². The van der Waals surface area contributed by atoms with Crippen molar-refractivity contribution in [2.24, 2.45) is 0 Å². The molecular formula is C24H19N3O5. The molecule has 1 amide bonds. The number of benzene rings is 3. The number of nitro benzene ring substituents is 1. The number of nitrogens with one attached hydrogen (secondary N) is 1. The van der Waals surface area contributed by atoms with Crippen molar-refractivity contribution in [1.82, 2.24) is 0 Å². The average Bonchev–Trinajstić information content (AvgIpc) is 2.82. The molecule has 160 valence electrons. The molecule has 3 aromatic rings. The van der Waals surface area contributed by atoms with E-state index in [1.54, 1.807) is 54.6 Å². The highest BCUT2D eigenvalue weighted by atomic mass is 16.6. The van der Waals surface area contributed by atoms with Gasteiger partial charge in [0.25, 0.3) is 11.6 Å². The standard InChI is InChI=1S/C24H19N3O5/c1-31-23-9-5-3-7-21(23)26-24(28)16-32-22-8-4-2-6-18(22)14-19(15-25)17-10-12-20(13-11-17)27(29)30/h2-14H,16H2,1H3,(H,26,28)/b19-14+. The van der Waals surface area contributed by atoms with Crippen molar-refractivity contribution in [2.75, 3.05) is 19.0 Å². The molecular weight excluding hydrogens is 410 g/mol. The summed E-state index contributed by atoms with van der Waals surface area (Å²) < 4.78 is 10.9. The molecule has 0 aliphatic carbocycles. The average molecular weight is 429 g/mol. The van der Waals surface area contributed by atoms with Crippen LogP contribution in [0.4, 0.5) is 11.4 Å². The molecule has 8 nitrogen and oxygen atoms in total. The molecule has 8 heteroatoms. The molecule has 0 saturated heterocycles. The first kappa shape index (κ1) is 22.1. The number of anilines is 1. The summed E-state index contributed by atoms with van der Waals surface area (Å²) >= 11 is 0. The van der Waals surface area contributed by atoms with E-state index < -0.39 is 4.92 Å². The molecule has 1 N–H and O–H groups in total. The van der Waals surface area contributed by atoms with Gasteiger partial charge >= 0.3 is 0 Å². The minimum atomic E-state index is -0.501. The van der Waals surface area contributed by atoms with Crippen LogP contribution in [0.15, 0.2) is 72.8 Å². The van der Waals surface area contributed by atoms with E-state index in [4.69, 9.17) is 9.47 Å². The van der Waals surface area contributed by atoms with Gasteiger partial charge in [0.1, 0.15) is 11.5 Å². The highest BCUT2D eigenvalue weighted by molar-refractivity contribution is 5.94. The van der Waals surface area contributed by atoms with E-state index in [-0.39, 0.29) is 18.2 Å². The van der Waals surface area contributed by atoms with Gasteiger partial charge in [-0.25, -0.2) is 0 Å². The number of carbonyl (C=O) groups is 1. The van der Waals surface area contributed by atoms with Gasteiger partial charge in [0, 0.05) is 17.7 Å². The number of rotatable bonds is 8. The zero-order valence-corrected chi connectivity index (χ0v) is 17.1. The van der Waals surface area contributed by atoms with Gasteiger partial charge in [-0.15, -0.1) is 0 Å². The van der Waals surface area contributed by atoms with Crippen LogP contribution in [0.2, 0.25) is 0 Å². The van der Waals surface area contributed by atoms with Crippen LogP contribution in [-0.4, -0.2) is 24.5 Å². The zero-order chi connectivity index (χ0) is 22.9. The number of para-hydroxylation sites is 3. The zero-order valence-electron chi connectivity index (χ0n) is 17.1. The van der Waals surface area contributed by atoms with Crippen LogP contribution in [0.3, 0.4) is 0 Å². The Labute approximate surface area is 184 Å². The largest absolute Gasteiger partial charge is 0.495 e. The van der Waals surface area contributed by atoms with Crippen molar-refractivity contribution in [3.8, 4) is 17.6 Å². The molecule has 0 aromatic heterocycles. The van der Waals surface area contributed by atoms with Crippen LogP contribution in [0.25, 0.3) is 11.6 Å². The summed E-state index contributed by atoms with van der Waals surface area (Å²) in [5.74, 6) is 0.576. The lowest BCUT2D eigenvalue weighted by Crippen LogP contribution is -2.20. The summed E-state index contributed by atoms with van der Waals surface area (Å²) in [5.41, 5.74) is 1.89. The Hall–Kier alpha value is -4.64. The first-order chi connectivity index (χ1) is 15.5. The van der Waals surface area contributed by atoms with Crippen molar-refractivity contribution < 1.29 is 19.2 Å². The molecule has 32 heavy (non-hydrogen) atoms. The van der Waals surface area contributed by atoms with E-state index in [2.05, 4.69) is 11.4 Å². The second kappa shape index (κ2) is 10.4. The van der Waals surface area contributed by atoms with E-state index in [0.29, 0.717) is 33.9 Å². The maximum atomic E-state index is 12.3. The number of nitriles is 1. The van der Waals surface area contributed by atoms with Crippen LogP contribution in [0, 0.1) is 21.4 Å². The van der Waals surface area contributed by atoms with E-state index in [1.807, 2.05) is 0 Å². The quantitative estimate of drug-likeness (QED) is 0.241. The van der Waals surface area contributed by atoms with E-state index in [1.165, 1.54) is 31.4 Å². The fourth-order valence-electron chi connectivity index (χ4n) is 2.91. The van der Waals surface area contributed by atoms with Crippen molar-refractivity contribution in [1.29, 1.82) is 5.26 Å². The van der Waals surface area contributed by atoms with Gasteiger partial charge in [-0.3, -0.25) is 14.9 Å². The smallest absolute Gasteiger partial charge is 0.269 e. The Balaban J connectivity index is 1.75. The molecule has 0 saturated carbocycles. The van der Waals surface area contributed by atoms with Crippen molar-refractivity contribution in [3.05, 3.63) is 94.0 Å². The fraction of sp³-hybridized carbons (Fsp3) is 0.0833. The van der Waals surface area contributed by atoms with Crippen LogP contribution in [0.1, 0.15) is 11.1 Å². The van der Waals surface area contributed by atoms with Gasteiger partial charge < -0.3 is 14.8 Å². The second-order valence-corrected chi connectivity index (χ2v) is 6.55. The number of nitrogens with zero attached hydrogens (tertiary/aromatic N) is 2. The Kier molecular flexibility index (Phi) is 7.17. The highest BCUT2D eigenvalue weighted by Crippen LogP contribution is 2.26. The Morgan fingerprint density at radius 3 is 2.38 bits per heavy atom. The number of methoxy groups -OCH3 is 1. The van der Waals surface area contributed by atoms with Crippen LogP contribution in [-0.2, 0) is 4.79 Å². The third kappa shape index (κ3) is 5.49. The summed E-state index contributed by atoms with van der Waals surface area (Å²) in [7, 11) is 1.52. The molecule has 0 aliphatic rings. The molecule has 0 atom stereocenters. The summed E-state index contributed by atoms with van der Waals surface area (Å²) in [5, 5.41) is 23.1. The molecule has 0 aliphatic heterocycles. The lowest BCUT2D eigenvalue weighted by Gasteiger charge is -2.12. The van der Waals surface area contributed by atoms with Gasteiger partial charge in [0.15, 0.2) is 6.61 Å². The fourth-order valence-corrected chi connectivity index (χ4v) is 2.91. The van der Waals surface area contributed by atoms with Gasteiger partial charge in [-0.2, -0.15) is 5.26 Å². The number of non-ortho nitro benzene ring substituents is 1. The number of hydrogen-bond donors (Lipinski definition) is 1. The monoisotopic (exact) mass is 429 g/mol. The molecule has 0 spiro atoms. The number of carbonyl (C=O) groups excluding carboxylic acids is 1. The van der Waals surface area contributed by atoms with Gasteiger partial charge in [-0.1, -0.05) is 30.3 Å². The third-order valence-electron chi connectivity index (χ3n) is 4.47. The number of hydrogen-bond acceptors (Lipinski definition) is 6. The SMILES string of the molecule is COc1ccccc1NC(=O)COc1ccccc1/C=C(\C#N)c1ccc([N+](=O)[O-])cc1. The van der Waals surface area contributed by atoms with Crippen LogP contribution in [0.5, 0.6) is 11.5 Å². The molecule has 0 heterocycles. The Morgan fingerprint density at radius 1 is 1.06 bits per heavy atom. The maximum Gasteiger partial charge on any atom is 0.269 e. The second-order valence-electron chi connectivity index (χ2n) is 6.55.